The Morgan fingerprint density at radius 1 is 1.43 bits per heavy atom. The fourth-order valence-electron chi connectivity index (χ4n) is 1.56. The van der Waals surface area contributed by atoms with Crippen LogP contribution in [0, 0.1) is 0 Å². The highest BCUT2D eigenvalue weighted by Gasteiger charge is 2.30. The second-order valence-corrected chi connectivity index (χ2v) is 5.81. The van der Waals surface area contributed by atoms with Crippen LogP contribution in [0.1, 0.15) is 31.2 Å². The molecule has 0 aliphatic rings. The van der Waals surface area contributed by atoms with Crippen LogP contribution in [0.4, 0.5) is 0 Å². The quantitative estimate of drug-likeness (QED) is 0.576. The zero-order valence-corrected chi connectivity index (χ0v) is 12.6. The highest BCUT2D eigenvalue weighted by molar-refractivity contribution is 7.10. The molecular formula is C13H18N2O5S. The summed E-state index contributed by atoms with van der Waals surface area (Å²) in [6, 6.07) is 3.13. The van der Waals surface area contributed by atoms with Gasteiger partial charge in [-0.3, -0.25) is 9.59 Å². The van der Waals surface area contributed by atoms with Crippen molar-refractivity contribution in [2.75, 3.05) is 6.54 Å². The number of carboxylic acid groups (broad SMARTS) is 1. The van der Waals surface area contributed by atoms with E-state index in [4.69, 9.17) is 5.11 Å². The van der Waals surface area contributed by atoms with E-state index in [0.717, 1.165) is 11.8 Å². The van der Waals surface area contributed by atoms with E-state index in [2.05, 4.69) is 10.6 Å². The Morgan fingerprint density at radius 3 is 2.57 bits per heavy atom. The molecule has 0 radical (unpaired) electrons. The van der Waals surface area contributed by atoms with Crippen LogP contribution in [0.25, 0.3) is 0 Å². The Labute approximate surface area is 126 Å². The number of thiophene rings is 1. The van der Waals surface area contributed by atoms with Gasteiger partial charge in [0, 0.05) is 11.8 Å². The number of nitrogens with one attached hydrogen (secondary N) is 2. The molecule has 7 nitrogen and oxygen atoms in total. The number of carboxylic acids is 1. The molecule has 4 N–H and O–H groups in total. The highest BCUT2D eigenvalue weighted by atomic mass is 32.1. The maximum absolute atomic E-state index is 11.8. The van der Waals surface area contributed by atoms with E-state index < -0.39 is 30.1 Å². The van der Waals surface area contributed by atoms with Crippen molar-refractivity contribution in [3.05, 3.63) is 22.4 Å². The summed E-state index contributed by atoms with van der Waals surface area (Å²) in [6.45, 7) is 2.05. The van der Waals surface area contributed by atoms with Gasteiger partial charge in [-0.1, -0.05) is 6.07 Å². The molecule has 2 atom stereocenters. The van der Waals surface area contributed by atoms with Gasteiger partial charge in [-0.2, -0.15) is 0 Å². The molecule has 1 heterocycles. The summed E-state index contributed by atoms with van der Waals surface area (Å²) in [4.78, 5) is 34.6. The number of aliphatic carboxylic acids is 1. The van der Waals surface area contributed by atoms with Gasteiger partial charge in [-0.25, -0.2) is 4.79 Å². The summed E-state index contributed by atoms with van der Waals surface area (Å²) >= 11 is 1.41. The van der Waals surface area contributed by atoms with Crippen LogP contribution in [0.2, 0.25) is 0 Å². The summed E-state index contributed by atoms with van der Waals surface area (Å²) < 4.78 is 0. The molecule has 0 fully saturated rings. The lowest BCUT2D eigenvalue weighted by Gasteiger charge is -2.20. The van der Waals surface area contributed by atoms with Crippen LogP contribution >= 0.6 is 11.3 Å². The van der Waals surface area contributed by atoms with E-state index >= 15 is 0 Å². The molecule has 21 heavy (non-hydrogen) atoms. The van der Waals surface area contributed by atoms with Crippen LogP contribution in [0.15, 0.2) is 17.5 Å². The van der Waals surface area contributed by atoms with Gasteiger partial charge < -0.3 is 20.8 Å². The number of aliphatic hydroxyl groups is 1. The van der Waals surface area contributed by atoms with Gasteiger partial charge in [0.05, 0.1) is 19.0 Å². The molecule has 116 valence electrons. The predicted octanol–water partition coefficient (Wildman–Crippen LogP) is 0.267. The van der Waals surface area contributed by atoms with Crippen LogP contribution < -0.4 is 10.6 Å². The maximum atomic E-state index is 11.8. The van der Waals surface area contributed by atoms with Gasteiger partial charge >= 0.3 is 5.97 Å². The Morgan fingerprint density at radius 2 is 2.10 bits per heavy atom. The first-order valence-corrected chi connectivity index (χ1v) is 7.13. The zero-order valence-electron chi connectivity index (χ0n) is 11.8. The van der Waals surface area contributed by atoms with Crippen molar-refractivity contribution in [1.82, 2.24) is 10.6 Å². The summed E-state index contributed by atoms with van der Waals surface area (Å²) in [5, 5.41) is 25.1. The van der Waals surface area contributed by atoms with Crippen molar-refractivity contribution in [3.8, 4) is 0 Å². The van der Waals surface area contributed by atoms with Gasteiger partial charge in [0.15, 0.2) is 5.60 Å². The van der Waals surface area contributed by atoms with E-state index in [-0.39, 0.29) is 12.3 Å². The van der Waals surface area contributed by atoms with Crippen molar-refractivity contribution in [3.63, 3.8) is 0 Å². The highest BCUT2D eigenvalue weighted by Crippen LogP contribution is 2.22. The molecule has 0 aliphatic carbocycles. The molecule has 2 amide bonds. The van der Waals surface area contributed by atoms with Crippen molar-refractivity contribution in [1.29, 1.82) is 0 Å². The molecular weight excluding hydrogens is 296 g/mol. The summed E-state index contributed by atoms with van der Waals surface area (Å²) in [5.74, 6) is -2.14. The first-order chi connectivity index (χ1) is 9.72. The van der Waals surface area contributed by atoms with Crippen LogP contribution in [-0.2, 0) is 14.4 Å². The standard InChI is InChI=1S/C13H18N2O5S/c1-8(16)15-9(10-4-3-5-21-10)6-11(17)14-7-13(2,20)12(18)19/h3-5,9,20H,6-7H2,1-2H3,(H,14,17)(H,15,16)(H,18,19). The molecule has 0 bridgehead atoms. The number of hydrogen-bond donors (Lipinski definition) is 4. The lowest BCUT2D eigenvalue weighted by Crippen LogP contribution is -2.47. The van der Waals surface area contributed by atoms with Gasteiger partial charge in [-0.15, -0.1) is 11.3 Å². The molecule has 2 unspecified atom stereocenters. The van der Waals surface area contributed by atoms with Crippen molar-refractivity contribution in [2.45, 2.75) is 31.9 Å². The number of hydrogen-bond acceptors (Lipinski definition) is 5. The average molecular weight is 314 g/mol. The predicted molar refractivity (Wildman–Crippen MR) is 76.8 cm³/mol. The Kier molecular flexibility index (Phi) is 5.86. The van der Waals surface area contributed by atoms with Crippen LogP contribution in [0.3, 0.4) is 0 Å². The molecule has 0 spiro atoms. The van der Waals surface area contributed by atoms with E-state index in [0.29, 0.717) is 0 Å². The minimum atomic E-state index is -2.03. The molecule has 8 heteroatoms. The number of carbonyl (C=O) groups is 3. The number of amides is 2. The molecule has 1 aromatic rings. The van der Waals surface area contributed by atoms with Crippen LogP contribution in [-0.4, -0.2) is 40.1 Å². The molecule has 0 saturated carbocycles. The van der Waals surface area contributed by atoms with Gasteiger partial charge in [0.25, 0.3) is 0 Å². The fraction of sp³-hybridized carbons (Fsp3) is 0.462. The normalized spacial score (nSPS) is 14.8. The SMILES string of the molecule is CC(=O)NC(CC(=O)NCC(C)(O)C(=O)O)c1cccs1. The maximum Gasteiger partial charge on any atom is 0.337 e. The molecule has 1 rings (SSSR count). The monoisotopic (exact) mass is 314 g/mol. The molecule has 0 aliphatic heterocycles. The summed E-state index contributed by atoms with van der Waals surface area (Å²) in [6.07, 6.45) is -0.0320. The fourth-order valence-corrected chi connectivity index (χ4v) is 2.34. The second kappa shape index (κ2) is 7.19. The first kappa shape index (κ1) is 17.1. The van der Waals surface area contributed by atoms with Crippen molar-refractivity contribution < 1.29 is 24.6 Å². The zero-order chi connectivity index (χ0) is 16.0. The van der Waals surface area contributed by atoms with Gasteiger partial charge in [0.2, 0.25) is 11.8 Å². The smallest absolute Gasteiger partial charge is 0.337 e. The number of carbonyl (C=O) groups excluding carboxylic acids is 2. The van der Waals surface area contributed by atoms with Gasteiger partial charge in [0.1, 0.15) is 0 Å². The molecule has 0 saturated heterocycles. The minimum absolute atomic E-state index is 0.0320. The van der Waals surface area contributed by atoms with E-state index in [1.807, 2.05) is 11.4 Å². The first-order valence-electron chi connectivity index (χ1n) is 6.25. The lowest BCUT2D eigenvalue weighted by atomic mass is 10.1. The lowest BCUT2D eigenvalue weighted by molar-refractivity contribution is -0.156. The second-order valence-electron chi connectivity index (χ2n) is 4.83. The van der Waals surface area contributed by atoms with Gasteiger partial charge in [-0.05, 0) is 18.4 Å². The third-order valence-electron chi connectivity index (χ3n) is 2.74. The minimum Gasteiger partial charge on any atom is -0.479 e. The summed E-state index contributed by atoms with van der Waals surface area (Å²) in [5.41, 5.74) is -2.03. The Bertz CT molecular complexity index is 513. The number of rotatable bonds is 7. The van der Waals surface area contributed by atoms with Crippen LogP contribution in [0.5, 0.6) is 0 Å². The summed E-state index contributed by atoms with van der Waals surface area (Å²) in [7, 11) is 0. The largest absolute Gasteiger partial charge is 0.479 e. The van der Waals surface area contributed by atoms with Crippen molar-refractivity contribution >= 4 is 29.1 Å². The van der Waals surface area contributed by atoms with E-state index in [9.17, 15) is 19.5 Å². The van der Waals surface area contributed by atoms with E-state index in [1.165, 1.54) is 18.3 Å². The van der Waals surface area contributed by atoms with Crippen molar-refractivity contribution in [2.24, 2.45) is 0 Å². The Hall–Kier alpha value is -1.93. The van der Waals surface area contributed by atoms with E-state index in [1.54, 1.807) is 6.07 Å². The average Bonchev–Trinajstić information content (AvgIpc) is 2.88. The molecule has 1 aromatic heterocycles. The molecule has 0 aromatic carbocycles. The topological polar surface area (TPSA) is 116 Å². The third kappa shape index (κ3) is 5.52. The third-order valence-corrected chi connectivity index (χ3v) is 3.73. The Balaban J connectivity index is 2.61.